The molecule has 10 aromatic carbocycles. The van der Waals surface area contributed by atoms with Crippen LogP contribution in [0.3, 0.4) is 0 Å². The van der Waals surface area contributed by atoms with E-state index < -0.39 is 0 Å². The Bertz CT molecular complexity index is 3770. The van der Waals surface area contributed by atoms with Gasteiger partial charge in [-0.2, -0.15) is 0 Å². The highest BCUT2D eigenvalue weighted by Crippen LogP contribution is 2.36. The maximum Gasteiger partial charge on any atom is 0.164 e. The van der Waals surface area contributed by atoms with E-state index in [1.165, 1.54) is 38.9 Å². The minimum Gasteiger partial charge on any atom is -0.208 e. The van der Waals surface area contributed by atoms with Crippen molar-refractivity contribution in [3.63, 3.8) is 0 Å². The highest BCUT2D eigenvalue weighted by atomic mass is 15.0. The molecule has 0 spiro atoms. The van der Waals surface area contributed by atoms with Crippen LogP contribution in [0, 0.1) is 27.7 Å². The molecular weight excluding hydrogens is 925 g/mol. The summed E-state index contributed by atoms with van der Waals surface area (Å²) >= 11 is 0. The van der Waals surface area contributed by atoms with E-state index >= 15 is 0 Å². The standard InChI is InChI=1S/2C35H27N3/c1-24-11-9-17-28(19-24)30-21-31(29-18-10-12-25(2)20-29)23-32(22-30)35-37-33(26-13-5-3-6-14-26)36-34(38-35)27-15-7-4-8-16-27;1-24-16-18-26(19-17-24)30-21-31(29-15-9-10-25(2)20-29)23-32(22-30)35-37-33(27-11-5-3-6-12-27)36-34(38-35)28-13-7-4-8-14-28/h2*3-23H,1-2H3. The van der Waals surface area contributed by atoms with E-state index in [4.69, 9.17) is 29.9 Å². The molecule has 2 heterocycles. The Kier molecular flexibility index (Phi) is 14.1. The molecule has 0 radical (unpaired) electrons. The number of aryl methyl sites for hydroxylation is 4. The van der Waals surface area contributed by atoms with E-state index in [0.717, 1.165) is 61.2 Å². The van der Waals surface area contributed by atoms with Crippen molar-refractivity contribution in [2.24, 2.45) is 0 Å². The van der Waals surface area contributed by atoms with Gasteiger partial charge in [0.05, 0.1) is 0 Å². The normalized spacial score (nSPS) is 10.9. The largest absolute Gasteiger partial charge is 0.208 e. The van der Waals surface area contributed by atoms with E-state index in [0.29, 0.717) is 34.9 Å². The lowest BCUT2D eigenvalue weighted by molar-refractivity contribution is 1.07. The molecule has 0 atom stereocenters. The van der Waals surface area contributed by atoms with Gasteiger partial charge in [-0.1, -0.05) is 241 Å². The molecule has 0 N–H and O–H groups in total. The van der Waals surface area contributed by atoms with Crippen LogP contribution in [0.15, 0.2) is 255 Å². The predicted molar refractivity (Wildman–Crippen MR) is 313 cm³/mol. The number of hydrogen-bond donors (Lipinski definition) is 0. The molecular formula is C70H54N6. The van der Waals surface area contributed by atoms with Crippen molar-refractivity contribution in [1.29, 1.82) is 0 Å². The molecule has 0 saturated heterocycles. The lowest BCUT2D eigenvalue weighted by Crippen LogP contribution is -2.00. The van der Waals surface area contributed by atoms with Crippen LogP contribution in [0.2, 0.25) is 0 Å². The minimum atomic E-state index is 0.653. The Hall–Kier alpha value is -9.78. The maximum atomic E-state index is 4.98. The SMILES string of the molecule is Cc1ccc(-c2cc(-c3cccc(C)c3)cc(-c3nc(-c4ccccc4)nc(-c4ccccc4)n3)c2)cc1.Cc1cccc(-c2cc(-c3cccc(C)c3)cc(-c3nc(-c4ccccc4)nc(-c4ccccc4)n3)c2)c1. The van der Waals surface area contributed by atoms with Gasteiger partial charge in [0.2, 0.25) is 0 Å². The molecule has 12 rings (SSSR count). The first-order valence-corrected chi connectivity index (χ1v) is 25.6. The van der Waals surface area contributed by atoms with Crippen LogP contribution >= 0.6 is 0 Å². The lowest BCUT2D eigenvalue weighted by Gasteiger charge is -2.13. The maximum absolute atomic E-state index is 4.98. The van der Waals surface area contributed by atoms with Gasteiger partial charge in [-0.15, -0.1) is 0 Å². The Balaban J connectivity index is 0.000000162. The Morgan fingerprint density at radius 2 is 0.395 bits per heavy atom. The fraction of sp³-hybridized carbons (Fsp3) is 0.0571. The second-order valence-corrected chi connectivity index (χ2v) is 19.1. The third-order valence-electron chi connectivity index (χ3n) is 13.2. The van der Waals surface area contributed by atoms with Gasteiger partial charge in [0.25, 0.3) is 0 Å². The highest BCUT2D eigenvalue weighted by Gasteiger charge is 2.17. The third-order valence-corrected chi connectivity index (χ3v) is 13.2. The van der Waals surface area contributed by atoms with Gasteiger partial charge in [0.1, 0.15) is 0 Å². The highest BCUT2D eigenvalue weighted by molar-refractivity contribution is 5.82. The molecule has 0 amide bonds. The molecule has 0 unspecified atom stereocenters. The molecule has 0 aliphatic carbocycles. The summed E-state index contributed by atoms with van der Waals surface area (Å²) < 4.78 is 0. The fourth-order valence-corrected chi connectivity index (χ4v) is 9.28. The molecule has 0 aliphatic heterocycles. The van der Waals surface area contributed by atoms with Gasteiger partial charge < -0.3 is 0 Å². The van der Waals surface area contributed by atoms with E-state index in [1.807, 2.05) is 121 Å². The molecule has 76 heavy (non-hydrogen) atoms. The van der Waals surface area contributed by atoms with Crippen molar-refractivity contribution in [3.05, 3.63) is 277 Å². The van der Waals surface area contributed by atoms with Crippen LogP contribution in [0.4, 0.5) is 0 Å². The average Bonchev–Trinajstić information content (AvgIpc) is 3.49. The summed E-state index contributed by atoms with van der Waals surface area (Å²) in [7, 11) is 0. The first-order valence-electron chi connectivity index (χ1n) is 25.6. The lowest BCUT2D eigenvalue weighted by atomic mass is 9.94. The summed E-state index contributed by atoms with van der Waals surface area (Å²) in [6.45, 7) is 8.48. The summed E-state index contributed by atoms with van der Waals surface area (Å²) in [6.07, 6.45) is 0. The zero-order chi connectivity index (χ0) is 51.8. The van der Waals surface area contributed by atoms with E-state index in [-0.39, 0.29) is 0 Å². The first-order chi connectivity index (χ1) is 37.2. The van der Waals surface area contributed by atoms with Gasteiger partial charge in [0, 0.05) is 33.4 Å². The molecule has 0 aliphatic rings. The Labute approximate surface area is 445 Å². The van der Waals surface area contributed by atoms with Crippen LogP contribution < -0.4 is 0 Å². The van der Waals surface area contributed by atoms with E-state index in [9.17, 15) is 0 Å². The van der Waals surface area contributed by atoms with Crippen molar-refractivity contribution in [2.75, 3.05) is 0 Å². The van der Waals surface area contributed by atoms with Gasteiger partial charge >= 0.3 is 0 Å². The topological polar surface area (TPSA) is 77.3 Å². The molecule has 2 aromatic heterocycles. The van der Waals surface area contributed by atoms with Crippen LogP contribution in [0.25, 0.3) is 113 Å². The Morgan fingerprint density at radius 1 is 0.158 bits per heavy atom. The zero-order valence-electron chi connectivity index (χ0n) is 42.9. The quantitative estimate of drug-likeness (QED) is 0.136. The average molecular weight is 979 g/mol. The summed E-state index contributed by atoms with van der Waals surface area (Å²) in [5, 5.41) is 0. The monoisotopic (exact) mass is 978 g/mol. The van der Waals surface area contributed by atoms with Crippen LogP contribution in [-0.4, -0.2) is 29.9 Å². The smallest absolute Gasteiger partial charge is 0.164 e. The zero-order valence-corrected chi connectivity index (χ0v) is 42.9. The fourth-order valence-electron chi connectivity index (χ4n) is 9.28. The van der Waals surface area contributed by atoms with Crippen molar-refractivity contribution in [1.82, 2.24) is 29.9 Å². The minimum absolute atomic E-state index is 0.653. The molecule has 6 heteroatoms. The number of nitrogens with zero attached hydrogens (tertiary/aromatic N) is 6. The van der Waals surface area contributed by atoms with Crippen LogP contribution in [0.1, 0.15) is 22.3 Å². The van der Waals surface area contributed by atoms with Gasteiger partial charge in [-0.25, -0.2) is 29.9 Å². The van der Waals surface area contributed by atoms with Gasteiger partial charge in [-0.3, -0.25) is 0 Å². The molecule has 0 bridgehead atoms. The molecule has 12 aromatic rings. The summed E-state index contributed by atoms with van der Waals surface area (Å²) in [4.78, 5) is 29.6. The Morgan fingerprint density at radius 3 is 0.671 bits per heavy atom. The second kappa shape index (κ2) is 22.1. The van der Waals surface area contributed by atoms with Crippen molar-refractivity contribution in [2.45, 2.75) is 27.7 Å². The van der Waals surface area contributed by atoms with Crippen LogP contribution in [-0.2, 0) is 0 Å². The second-order valence-electron chi connectivity index (χ2n) is 19.1. The van der Waals surface area contributed by atoms with Gasteiger partial charge in [-0.05, 0) is 109 Å². The van der Waals surface area contributed by atoms with Crippen molar-refractivity contribution < 1.29 is 0 Å². The summed E-state index contributed by atoms with van der Waals surface area (Å²) in [6, 6.07) is 88.1. The van der Waals surface area contributed by atoms with Gasteiger partial charge in [0.15, 0.2) is 34.9 Å². The number of benzene rings is 10. The first kappa shape index (κ1) is 48.5. The molecule has 0 fully saturated rings. The number of hydrogen-bond acceptors (Lipinski definition) is 6. The van der Waals surface area contributed by atoms with E-state index in [1.54, 1.807) is 0 Å². The predicted octanol–water partition coefficient (Wildman–Crippen LogP) is 17.6. The van der Waals surface area contributed by atoms with Crippen LogP contribution in [0.5, 0.6) is 0 Å². The summed E-state index contributed by atoms with van der Waals surface area (Å²) in [5.74, 6) is 3.95. The van der Waals surface area contributed by atoms with E-state index in [2.05, 4.69) is 161 Å². The molecule has 364 valence electrons. The third kappa shape index (κ3) is 11.4. The summed E-state index contributed by atoms with van der Waals surface area (Å²) in [5.41, 5.74) is 19.8. The number of aromatic nitrogens is 6. The number of rotatable bonds is 10. The van der Waals surface area contributed by atoms with Crippen molar-refractivity contribution in [3.8, 4) is 113 Å². The van der Waals surface area contributed by atoms with Crippen molar-refractivity contribution >= 4 is 0 Å². The molecule has 0 saturated carbocycles. The molecule has 6 nitrogen and oxygen atoms in total.